The van der Waals surface area contributed by atoms with Crippen molar-refractivity contribution in [3.8, 4) is 0 Å². The summed E-state index contributed by atoms with van der Waals surface area (Å²) in [4.78, 5) is 42.8. The minimum Gasteiger partial charge on any atom is -0.462 e. The average molecular weight is 771 g/mol. The third-order valence-corrected chi connectivity index (χ3v) is 8.81. The second-order valence-electron chi connectivity index (χ2n) is 13.9. The van der Waals surface area contributed by atoms with Gasteiger partial charge in [-0.1, -0.05) is 159 Å². The van der Waals surface area contributed by atoms with E-state index in [1.165, 1.54) is 63.9 Å². The molecule has 0 heterocycles. The zero-order valence-electron chi connectivity index (χ0n) is 32.6. The van der Waals surface area contributed by atoms with E-state index in [0.29, 0.717) is 12.8 Å². The van der Waals surface area contributed by atoms with Gasteiger partial charge >= 0.3 is 19.8 Å². The first-order chi connectivity index (χ1) is 25.3. The summed E-state index contributed by atoms with van der Waals surface area (Å²) in [6.07, 6.45) is 30.4. The van der Waals surface area contributed by atoms with Gasteiger partial charge in [0.15, 0.2) is 6.10 Å². The first-order valence-corrected chi connectivity index (χ1v) is 21.3. The molecule has 4 atom stereocenters. The van der Waals surface area contributed by atoms with Gasteiger partial charge in [0.1, 0.15) is 6.61 Å². The standard InChI is InChI=1S/C41H71O11P/c1-4-5-20-27-36(42)28-22-17-14-15-18-23-29-38(43)39(44)30-25-32-41(46)52-37(34-51-53(47,48)49)33-50-40(45)31-24-19-13-11-9-7-6-8-10-12-16-21-26-35(2)3/h5,14-15,17-18,20,22-23,28-29,35-39,42-44H,4,6-13,16,19,21,24-27,30-34H2,1-3H3,(H2,47,48,49)/b17-14+,18-15-,20-5-,28-22+,29-23-/t36-,37+,38+,39+/m0/s1. The topological polar surface area (TPSA) is 180 Å². The average Bonchev–Trinajstić information content (AvgIpc) is 3.10. The summed E-state index contributed by atoms with van der Waals surface area (Å²) >= 11 is 0. The molecule has 11 nitrogen and oxygen atoms in total. The van der Waals surface area contributed by atoms with Gasteiger partial charge in [0, 0.05) is 12.8 Å². The molecule has 0 spiro atoms. The highest BCUT2D eigenvalue weighted by Gasteiger charge is 2.23. The Morgan fingerprint density at radius 2 is 1.17 bits per heavy atom. The van der Waals surface area contributed by atoms with Crippen LogP contribution < -0.4 is 0 Å². The SMILES string of the molecule is CC/C=C\C[C@H](O)/C=C/C=C/C=C\C=C/[C@@H](O)[C@H](O)CCCC(=O)O[C@H](COC(=O)CCCCCCCCCCCCCCC(C)C)COP(=O)(O)O. The Hall–Kier alpha value is -2.37. The fraction of sp³-hybridized carbons (Fsp3) is 0.707. The second kappa shape index (κ2) is 34.1. The quantitative estimate of drug-likeness (QED) is 0.0139. The van der Waals surface area contributed by atoms with Crippen LogP contribution in [0.3, 0.4) is 0 Å². The number of unbranched alkanes of at least 4 members (excludes halogenated alkanes) is 11. The summed E-state index contributed by atoms with van der Waals surface area (Å²) < 4.78 is 26.1. The summed E-state index contributed by atoms with van der Waals surface area (Å²) in [6, 6.07) is 0. The molecule has 0 rings (SSSR count). The van der Waals surface area contributed by atoms with Crippen LogP contribution in [-0.2, 0) is 28.2 Å². The molecule has 0 saturated carbocycles. The molecule has 0 aromatic carbocycles. The summed E-state index contributed by atoms with van der Waals surface area (Å²) in [5.74, 6) is -0.422. The lowest BCUT2D eigenvalue weighted by Crippen LogP contribution is -2.29. The van der Waals surface area contributed by atoms with Gasteiger partial charge in [-0.15, -0.1) is 0 Å². The lowest BCUT2D eigenvalue weighted by molar-refractivity contribution is -0.161. The minimum atomic E-state index is -4.85. The van der Waals surface area contributed by atoms with Crippen LogP contribution in [0.1, 0.15) is 143 Å². The number of hydrogen-bond donors (Lipinski definition) is 5. The van der Waals surface area contributed by atoms with Crippen molar-refractivity contribution in [3.63, 3.8) is 0 Å². The van der Waals surface area contributed by atoms with Crippen molar-refractivity contribution in [1.29, 1.82) is 0 Å². The van der Waals surface area contributed by atoms with E-state index in [2.05, 4.69) is 18.4 Å². The monoisotopic (exact) mass is 770 g/mol. The molecule has 12 heteroatoms. The fourth-order valence-electron chi connectivity index (χ4n) is 5.25. The predicted molar refractivity (Wildman–Crippen MR) is 211 cm³/mol. The number of carbonyl (C=O) groups is 2. The van der Waals surface area contributed by atoms with Gasteiger partial charge in [-0.25, -0.2) is 4.57 Å². The third kappa shape index (κ3) is 36.4. The Bertz CT molecular complexity index is 1110. The number of aliphatic hydroxyl groups is 3. The summed E-state index contributed by atoms with van der Waals surface area (Å²) in [5.41, 5.74) is 0. The highest BCUT2D eigenvalue weighted by molar-refractivity contribution is 7.46. The number of esters is 2. The van der Waals surface area contributed by atoms with E-state index in [4.69, 9.17) is 19.3 Å². The lowest BCUT2D eigenvalue weighted by Gasteiger charge is -2.19. The maximum absolute atomic E-state index is 12.4. The molecule has 0 aromatic rings. The van der Waals surface area contributed by atoms with Gasteiger partial charge in [-0.2, -0.15) is 0 Å². The summed E-state index contributed by atoms with van der Waals surface area (Å²) in [5, 5.41) is 30.2. The Morgan fingerprint density at radius 1 is 0.642 bits per heavy atom. The maximum atomic E-state index is 12.4. The van der Waals surface area contributed by atoms with Crippen molar-refractivity contribution < 1.29 is 53.3 Å². The second-order valence-corrected chi connectivity index (χ2v) is 15.2. The van der Waals surface area contributed by atoms with Crippen LogP contribution in [-0.4, -0.2) is 74.7 Å². The largest absolute Gasteiger partial charge is 0.469 e. The van der Waals surface area contributed by atoms with Gasteiger partial charge in [0.05, 0.1) is 24.9 Å². The molecule has 0 aliphatic heterocycles. The van der Waals surface area contributed by atoms with Crippen molar-refractivity contribution in [2.24, 2.45) is 5.92 Å². The van der Waals surface area contributed by atoms with E-state index in [9.17, 15) is 29.5 Å². The molecule has 5 N–H and O–H groups in total. The van der Waals surface area contributed by atoms with Gasteiger partial charge in [-0.05, 0) is 38.0 Å². The van der Waals surface area contributed by atoms with E-state index in [0.717, 1.165) is 31.6 Å². The zero-order valence-corrected chi connectivity index (χ0v) is 33.5. The summed E-state index contributed by atoms with van der Waals surface area (Å²) in [6.45, 7) is 5.51. The minimum absolute atomic E-state index is 0.0854. The highest BCUT2D eigenvalue weighted by atomic mass is 31.2. The van der Waals surface area contributed by atoms with Crippen LogP contribution in [0.2, 0.25) is 0 Å². The third-order valence-electron chi connectivity index (χ3n) is 8.32. The molecule has 0 aliphatic carbocycles. The lowest BCUT2D eigenvalue weighted by atomic mass is 10.0. The van der Waals surface area contributed by atoms with E-state index in [1.807, 2.05) is 19.1 Å². The van der Waals surface area contributed by atoms with Crippen molar-refractivity contribution in [2.75, 3.05) is 13.2 Å². The number of allylic oxidation sites excluding steroid dienone is 7. The first kappa shape index (κ1) is 50.6. The zero-order chi connectivity index (χ0) is 39.6. The normalized spacial score (nSPS) is 15.0. The van der Waals surface area contributed by atoms with Gasteiger partial charge in [0.2, 0.25) is 0 Å². The Kier molecular flexibility index (Phi) is 32.6. The smallest absolute Gasteiger partial charge is 0.462 e. The molecule has 0 radical (unpaired) electrons. The molecule has 0 bridgehead atoms. The van der Waals surface area contributed by atoms with E-state index in [1.54, 1.807) is 42.5 Å². The molecule has 0 fully saturated rings. The first-order valence-electron chi connectivity index (χ1n) is 19.8. The molecular weight excluding hydrogens is 699 g/mol. The Labute approximate surface area is 319 Å². The molecule has 0 aromatic heterocycles. The molecule has 0 aliphatic rings. The molecule has 0 saturated heterocycles. The Balaban J connectivity index is 4.31. The molecular formula is C41H71O11P. The van der Waals surface area contributed by atoms with Crippen LogP contribution in [0.4, 0.5) is 0 Å². The maximum Gasteiger partial charge on any atom is 0.469 e. The van der Waals surface area contributed by atoms with Crippen LogP contribution in [0.25, 0.3) is 0 Å². The van der Waals surface area contributed by atoms with E-state index in [-0.39, 0.29) is 25.7 Å². The summed E-state index contributed by atoms with van der Waals surface area (Å²) in [7, 11) is -4.85. The number of aliphatic hydroxyl groups excluding tert-OH is 3. The van der Waals surface area contributed by atoms with Gasteiger partial charge in [-0.3, -0.25) is 14.1 Å². The predicted octanol–water partition coefficient (Wildman–Crippen LogP) is 8.50. The number of rotatable bonds is 34. The Morgan fingerprint density at radius 3 is 1.74 bits per heavy atom. The van der Waals surface area contributed by atoms with E-state index >= 15 is 0 Å². The molecule has 0 unspecified atom stereocenters. The van der Waals surface area contributed by atoms with Crippen LogP contribution >= 0.6 is 7.82 Å². The number of phosphoric acid groups is 1. The number of carbonyl (C=O) groups excluding carboxylic acids is 2. The molecule has 0 amide bonds. The fourth-order valence-corrected chi connectivity index (χ4v) is 5.61. The van der Waals surface area contributed by atoms with Crippen LogP contribution in [0, 0.1) is 5.92 Å². The number of ether oxygens (including phenoxy) is 2. The van der Waals surface area contributed by atoms with Crippen molar-refractivity contribution >= 4 is 19.8 Å². The van der Waals surface area contributed by atoms with Crippen molar-refractivity contribution in [2.45, 2.75) is 167 Å². The molecule has 53 heavy (non-hydrogen) atoms. The number of phosphoric ester groups is 1. The van der Waals surface area contributed by atoms with Crippen LogP contribution in [0.15, 0.2) is 60.8 Å². The number of hydrogen-bond acceptors (Lipinski definition) is 9. The molecule has 306 valence electrons. The van der Waals surface area contributed by atoms with Crippen molar-refractivity contribution in [1.82, 2.24) is 0 Å². The van der Waals surface area contributed by atoms with E-state index < -0.39 is 57.4 Å². The van der Waals surface area contributed by atoms with Gasteiger partial charge < -0.3 is 34.6 Å². The van der Waals surface area contributed by atoms with Crippen molar-refractivity contribution in [3.05, 3.63) is 60.8 Å². The van der Waals surface area contributed by atoms with Gasteiger partial charge in [0.25, 0.3) is 0 Å². The highest BCUT2D eigenvalue weighted by Crippen LogP contribution is 2.36. The van der Waals surface area contributed by atoms with Crippen LogP contribution in [0.5, 0.6) is 0 Å².